The van der Waals surface area contributed by atoms with Crippen molar-refractivity contribution < 1.29 is 9.53 Å². The van der Waals surface area contributed by atoms with E-state index in [-0.39, 0.29) is 0 Å². The topological polar surface area (TPSA) is 63.3 Å². The molecule has 2 aromatic heterocycles. The number of thiophene rings is 1. The summed E-state index contributed by atoms with van der Waals surface area (Å²) in [5.41, 5.74) is 0.845. The SMILES string of the molecule is C1CCCCC1.CC(C)NCc1cnccc1OC(=O)Nc1cc2ccccc2s1. The highest BCUT2D eigenvalue weighted by Crippen LogP contribution is 2.29. The van der Waals surface area contributed by atoms with E-state index < -0.39 is 6.09 Å². The molecule has 0 atom stereocenters. The molecule has 1 amide bonds. The van der Waals surface area contributed by atoms with E-state index in [0.717, 1.165) is 20.7 Å². The van der Waals surface area contributed by atoms with E-state index >= 15 is 0 Å². The summed E-state index contributed by atoms with van der Waals surface area (Å²) in [6.45, 7) is 4.72. The quantitative estimate of drug-likeness (QED) is 0.475. The number of amides is 1. The van der Waals surface area contributed by atoms with Gasteiger partial charge < -0.3 is 10.1 Å². The van der Waals surface area contributed by atoms with Gasteiger partial charge >= 0.3 is 6.09 Å². The Morgan fingerprint density at radius 1 is 1.10 bits per heavy atom. The summed E-state index contributed by atoms with van der Waals surface area (Å²) in [7, 11) is 0. The zero-order valence-electron chi connectivity index (χ0n) is 17.8. The van der Waals surface area contributed by atoms with Crippen LogP contribution in [0, 0.1) is 0 Å². The molecule has 0 bridgehead atoms. The number of rotatable bonds is 5. The van der Waals surface area contributed by atoms with E-state index in [0.29, 0.717) is 18.3 Å². The van der Waals surface area contributed by atoms with Crippen LogP contribution in [0.5, 0.6) is 5.75 Å². The molecular weight excluding hydrogens is 394 g/mol. The van der Waals surface area contributed by atoms with Crippen molar-refractivity contribution in [3.05, 3.63) is 54.4 Å². The van der Waals surface area contributed by atoms with Gasteiger partial charge in [-0.15, -0.1) is 11.3 Å². The third-order valence-corrected chi connectivity index (χ3v) is 5.94. The van der Waals surface area contributed by atoms with Crippen LogP contribution in [0.15, 0.2) is 48.8 Å². The maximum absolute atomic E-state index is 12.2. The Morgan fingerprint density at radius 2 is 1.80 bits per heavy atom. The zero-order chi connectivity index (χ0) is 21.2. The smallest absolute Gasteiger partial charge is 0.410 e. The second-order valence-corrected chi connectivity index (χ2v) is 8.89. The molecule has 0 spiro atoms. The molecule has 0 aliphatic heterocycles. The predicted molar refractivity (Wildman–Crippen MR) is 125 cm³/mol. The minimum Gasteiger partial charge on any atom is -0.410 e. The van der Waals surface area contributed by atoms with Gasteiger partial charge in [0, 0.05) is 35.2 Å². The highest BCUT2D eigenvalue weighted by molar-refractivity contribution is 7.22. The summed E-state index contributed by atoms with van der Waals surface area (Å²) in [4.78, 5) is 16.3. The van der Waals surface area contributed by atoms with E-state index in [1.807, 2.05) is 30.3 Å². The van der Waals surface area contributed by atoms with Gasteiger partial charge in [0.2, 0.25) is 0 Å². The molecule has 3 aromatic rings. The normalized spacial score (nSPS) is 13.6. The van der Waals surface area contributed by atoms with E-state index in [2.05, 4.69) is 29.5 Å². The number of fused-ring (bicyclic) bond motifs is 1. The van der Waals surface area contributed by atoms with Crippen molar-refractivity contribution >= 4 is 32.5 Å². The minimum atomic E-state index is -0.501. The lowest BCUT2D eigenvalue weighted by atomic mass is 10.0. The minimum absolute atomic E-state index is 0.338. The summed E-state index contributed by atoms with van der Waals surface area (Å²) < 4.78 is 6.58. The summed E-state index contributed by atoms with van der Waals surface area (Å²) in [5.74, 6) is 0.511. The molecule has 1 saturated carbocycles. The molecule has 1 aromatic carbocycles. The van der Waals surface area contributed by atoms with Gasteiger partial charge in [0.1, 0.15) is 5.75 Å². The first-order valence-corrected chi connectivity index (χ1v) is 11.6. The monoisotopic (exact) mass is 425 g/mol. The van der Waals surface area contributed by atoms with Gasteiger partial charge in [0.25, 0.3) is 0 Å². The lowest BCUT2D eigenvalue weighted by Crippen LogP contribution is -2.23. The number of nitrogens with zero attached hydrogens (tertiary/aromatic N) is 1. The van der Waals surface area contributed by atoms with Gasteiger partial charge in [-0.05, 0) is 23.6 Å². The number of hydrogen-bond donors (Lipinski definition) is 2. The number of carbonyl (C=O) groups excluding carboxylic acids is 1. The van der Waals surface area contributed by atoms with Crippen LogP contribution in [0.3, 0.4) is 0 Å². The van der Waals surface area contributed by atoms with Crippen LogP contribution < -0.4 is 15.4 Å². The average Bonchev–Trinajstić information content (AvgIpc) is 3.17. The number of benzene rings is 1. The molecule has 6 heteroatoms. The number of pyridine rings is 1. The molecule has 0 unspecified atom stereocenters. The Bertz CT molecular complexity index is 890. The van der Waals surface area contributed by atoms with Crippen LogP contribution in [0.25, 0.3) is 10.1 Å². The molecule has 2 N–H and O–H groups in total. The molecular formula is C24H31N3O2S. The highest BCUT2D eigenvalue weighted by atomic mass is 32.1. The highest BCUT2D eigenvalue weighted by Gasteiger charge is 2.11. The molecule has 160 valence electrons. The van der Waals surface area contributed by atoms with Crippen molar-refractivity contribution in [1.29, 1.82) is 0 Å². The van der Waals surface area contributed by atoms with Crippen LogP contribution >= 0.6 is 11.3 Å². The molecule has 0 saturated heterocycles. The number of carbonyl (C=O) groups is 1. The van der Waals surface area contributed by atoms with Gasteiger partial charge in [-0.2, -0.15) is 0 Å². The van der Waals surface area contributed by atoms with E-state index in [9.17, 15) is 4.79 Å². The predicted octanol–water partition coefficient (Wildman–Crippen LogP) is 6.75. The number of ether oxygens (including phenoxy) is 1. The molecule has 30 heavy (non-hydrogen) atoms. The van der Waals surface area contributed by atoms with Crippen molar-refractivity contribution in [2.75, 3.05) is 5.32 Å². The Labute approximate surface area is 182 Å². The van der Waals surface area contributed by atoms with E-state index in [4.69, 9.17) is 4.74 Å². The first-order valence-electron chi connectivity index (χ1n) is 10.8. The standard InChI is InChI=1S/C18H19N3O2S.C6H12/c1-12(2)20-11-14-10-19-8-7-15(14)23-18(22)21-17-9-13-5-3-4-6-16(13)24-17;1-2-4-6-5-3-1/h3-10,12,20H,11H2,1-2H3,(H,21,22);1-6H2. The van der Waals surface area contributed by atoms with Gasteiger partial charge in [-0.25, -0.2) is 4.79 Å². The third kappa shape index (κ3) is 7.11. The lowest BCUT2D eigenvalue weighted by molar-refractivity contribution is 0.214. The van der Waals surface area contributed by atoms with Crippen LogP contribution in [-0.4, -0.2) is 17.1 Å². The third-order valence-electron chi connectivity index (χ3n) is 4.91. The van der Waals surface area contributed by atoms with Gasteiger partial charge in [0.15, 0.2) is 0 Å². The van der Waals surface area contributed by atoms with Crippen molar-refractivity contribution in [3.8, 4) is 5.75 Å². The fourth-order valence-electron chi connectivity index (χ4n) is 3.29. The van der Waals surface area contributed by atoms with Gasteiger partial charge in [-0.3, -0.25) is 10.3 Å². The number of nitrogens with one attached hydrogen (secondary N) is 2. The summed E-state index contributed by atoms with van der Waals surface area (Å²) >= 11 is 1.52. The Kier molecular flexibility index (Phi) is 8.66. The van der Waals surface area contributed by atoms with Crippen molar-refractivity contribution in [2.24, 2.45) is 0 Å². The molecule has 4 rings (SSSR count). The number of aromatic nitrogens is 1. The summed E-state index contributed by atoms with van der Waals surface area (Å²) in [6.07, 6.45) is 11.8. The fraction of sp³-hybridized carbons (Fsp3) is 0.417. The Morgan fingerprint density at radius 3 is 2.47 bits per heavy atom. The molecule has 1 fully saturated rings. The zero-order valence-corrected chi connectivity index (χ0v) is 18.6. The molecule has 5 nitrogen and oxygen atoms in total. The number of anilines is 1. The first-order chi connectivity index (χ1) is 14.6. The first kappa shape index (κ1) is 22.2. The van der Waals surface area contributed by atoms with Gasteiger partial charge in [-0.1, -0.05) is 70.6 Å². The van der Waals surface area contributed by atoms with E-state index in [1.54, 1.807) is 18.5 Å². The maximum Gasteiger partial charge on any atom is 0.417 e. The van der Waals surface area contributed by atoms with Gasteiger partial charge in [0.05, 0.1) is 5.00 Å². The molecule has 1 aliphatic rings. The summed E-state index contributed by atoms with van der Waals surface area (Å²) in [6, 6.07) is 12.0. The second kappa shape index (κ2) is 11.7. The van der Waals surface area contributed by atoms with Crippen molar-refractivity contribution in [3.63, 3.8) is 0 Å². The molecule has 2 heterocycles. The maximum atomic E-state index is 12.2. The number of hydrogen-bond acceptors (Lipinski definition) is 5. The second-order valence-electron chi connectivity index (χ2n) is 7.80. The Hall–Kier alpha value is -2.44. The van der Waals surface area contributed by atoms with Crippen molar-refractivity contribution in [2.45, 2.75) is 65.0 Å². The molecule has 1 aliphatic carbocycles. The van der Waals surface area contributed by atoms with Crippen LogP contribution in [0.1, 0.15) is 57.9 Å². The van der Waals surface area contributed by atoms with Crippen LogP contribution in [0.4, 0.5) is 9.80 Å². The van der Waals surface area contributed by atoms with E-state index in [1.165, 1.54) is 49.9 Å². The lowest BCUT2D eigenvalue weighted by Gasteiger charge is -2.12. The van der Waals surface area contributed by atoms with Crippen molar-refractivity contribution in [1.82, 2.24) is 10.3 Å². The fourth-order valence-corrected chi connectivity index (χ4v) is 4.24. The summed E-state index contributed by atoms with van der Waals surface area (Å²) in [5, 5.41) is 7.94. The average molecular weight is 426 g/mol. The Balaban J connectivity index is 0.000000367. The van der Waals surface area contributed by atoms with Crippen LogP contribution in [0.2, 0.25) is 0 Å². The van der Waals surface area contributed by atoms with Crippen LogP contribution in [-0.2, 0) is 6.54 Å². The largest absolute Gasteiger partial charge is 0.417 e. The molecule has 0 radical (unpaired) electrons.